The first-order valence-corrected chi connectivity index (χ1v) is 7.13. The highest BCUT2D eigenvalue weighted by Gasteiger charge is 2.13. The zero-order valence-electron chi connectivity index (χ0n) is 10.5. The van der Waals surface area contributed by atoms with Crippen LogP contribution in [0, 0.1) is 0 Å². The maximum Gasteiger partial charge on any atom is 0.312 e. The number of urea groups is 1. The number of benzene rings is 1. The van der Waals surface area contributed by atoms with E-state index in [-0.39, 0.29) is 24.4 Å². The summed E-state index contributed by atoms with van der Waals surface area (Å²) in [5.74, 6) is -0.990. The number of primary amides is 1. The van der Waals surface area contributed by atoms with E-state index in [2.05, 4.69) is 10.0 Å². The van der Waals surface area contributed by atoms with E-state index in [0.29, 0.717) is 5.56 Å². The number of nitrogens with two attached hydrogens (primary N) is 1. The van der Waals surface area contributed by atoms with E-state index in [1.165, 1.54) is 24.3 Å². The molecule has 110 valence electrons. The number of carbonyl (C=O) groups is 2. The molecule has 20 heavy (non-hydrogen) atoms. The smallest absolute Gasteiger partial charge is 0.312 e. The molecule has 0 aliphatic rings. The minimum atomic E-state index is -3.69. The maximum absolute atomic E-state index is 11.8. The highest BCUT2D eigenvalue weighted by atomic mass is 32.2. The normalized spacial score (nSPS) is 11.0. The van der Waals surface area contributed by atoms with Crippen molar-refractivity contribution in [2.45, 2.75) is 11.3 Å². The number of hydrogen-bond donors (Lipinski definition) is 4. The molecule has 0 radical (unpaired) electrons. The quantitative estimate of drug-likeness (QED) is 0.491. The zero-order chi connectivity index (χ0) is 15.2. The monoisotopic (exact) mass is 301 g/mol. The number of aliphatic carboxylic acids is 1. The van der Waals surface area contributed by atoms with Gasteiger partial charge in [0, 0.05) is 13.1 Å². The number of carbonyl (C=O) groups excluding carboxylic acids is 1. The summed E-state index contributed by atoms with van der Waals surface area (Å²) in [6.07, 6.45) is -0.170. The lowest BCUT2D eigenvalue weighted by Crippen LogP contribution is -2.37. The molecule has 0 aliphatic carbocycles. The van der Waals surface area contributed by atoms with E-state index < -0.39 is 22.0 Å². The van der Waals surface area contributed by atoms with Crippen LogP contribution in [0.2, 0.25) is 0 Å². The van der Waals surface area contributed by atoms with Gasteiger partial charge in [-0.1, -0.05) is 12.1 Å². The largest absolute Gasteiger partial charge is 0.481 e. The van der Waals surface area contributed by atoms with Gasteiger partial charge in [0.15, 0.2) is 0 Å². The zero-order valence-corrected chi connectivity index (χ0v) is 11.3. The van der Waals surface area contributed by atoms with Crippen molar-refractivity contribution in [2.24, 2.45) is 5.73 Å². The topological polar surface area (TPSA) is 139 Å². The van der Waals surface area contributed by atoms with E-state index in [0.717, 1.165) is 0 Å². The number of amides is 2. The van der Waals surface area contributed by atoms with Crippen molar-refractivity contribution in [3.8, 4) is 0 Å². The van der Waals surface area contributed by atoms with Crippen molar-refractivity contribution in [1.82, 2.24) is 10.0 Å². The Bertz CT molecular complexity index is 583. The lowest BCUT2D eigenvalue weighted by atomic mass is 10.2. The average Bonchev–Trinajstić information content (AvgIpc) is 2.34. The fraction of sp³-hybridized carbons (Fsp3) is 0.273. The van der Waals surface area contributed by atoms with Crippen LogP contribution in [0.1, 0.15) is 5.56 Å². The van der Waals surface area contributed by atoms with Crippen LogP contribution in [-0.2, 0) is 21.2 Å². The number of carboxylic acid groups (broad SMARTS) is 1. The van der Waals surface area contributed by atoms with Gasteiger partial charge in [-0.2, -0.15) is 0 Å². The van der Waals surface area contributed by atoms with Gasteiger partial charge >= 0.3 is 12.0 Å². The van der Waals surface area contributed by atoms with Crippen molar-refractivity contribution in [2.75, 3.05) is 13.1 Å². The van der Waals surface area contributed by atoms with Gasteiger partial charge in [-0.15, -0.1) is 0 Å². The summed E-state index contributed by atoms with van der Waals surface area (Å²) in [5.41, 5.74) is 5.34. The van der Waals surface area contributed by atoms with Crippen LogP contribution in [0.4, 0.5) is 4.79 Å². The fourth-order valence-electron chi connectivity index (χ4n) is 1.42. The van der Waals surface area contributed by atoms with Gasteiger partial charge in [0.25, 0.3) is 0 Å². The Hall–Kier alpha value is -2.13. The van der Waals surface area contributed by atoms with Crippen molar-refractivity contribution < 1.29 is 23.1 Å². The summed E-state index contributed by atoms with van der Waals surface area (Å²) in [7, 11) is -3.69. The molecule has 0 atom stereocenters. The molecule has 0 saturated heterocycles. The molecular formula is C11H15N3O5S. The Morgan fingerprint density at radius 1 is 1.15 bits per heavy atom. The van der Waals surface area contributed by atoms with Crippen molar-refractivity contribution in [3.05, 3.63) is 29.8 Å². The third-order valence-corrected chi connectivity index (χ3v) is 3.78. The Morgan fingerprint density at radius 3 is 2.25 bits per heavy atom. The molecule has 0 heterocycles. The molecular weight excluding hydrogens is 286 g/mol. The second kappa shape index (κ2) is 6.87. The van der Waals surface area contributed by atoms with Gasteiger partial charge in [-0.25, -0.2) is 17.9 Å². The lowest BCUT2D eigenvalue weighted by Gasteiger charge is -2.07. The van der Waals surface area contributed by atoms with Crippen molar-refractivity contribution in [3.63, 3.8) is 0 Å². The Kier molecular flexibility index (Phi) is 5.47. The second-order valence-corrected chi connectivity index (χ2v) is 5.67. The number of carboxylic acids is 1. The standard InChI is InChI=1S/C11H15N3O5S/c12-11(17)13-5-6-14-20(18,19)9-3-1-8(2-4-9)7-10(15)16/h1-4,14H,5-7H2,(H,15,16)(H3,12,13,17). The molecule has 2 amide bonds. The van der Waals surface area contributed by atoms with Gasteiger partial charge < -0.3 is 16.2 Å². The summed E-state index contributed by atoms with van der Waals surface area (Å²) >= 11 is 0. The van der Waals surface area contributed by atoms with Crippen LogP contribution in [0.15, 0.2) is 29.2 Å². The van der Waals surface area contributed by atoms with Crippen molar-refractivity contribution >= 4 is 22.0 Å². The molecule has 5 N–H and O–H groups in total. The first kappa shape index (κ1) is 15.9. The molecule has 0 saturated carbocycles. The summed E-state index contributed by atoms with van der Waals surface area (Å²) in [6.45, 7) is 0.0772. The summed E-state index contributed by atoms with van der Waals surface area (Å²) in [4.78, 5) is 20.9. The van der Waals surface area contributed by atoms with Gasteiger partial charge in [-0.3, -0.25) is 4.79 Å². The molecule has 0 spiro atoms. The van der Waals surface area contributed by atoms with Gasteiger partial charge in [-0.05, 0) is 17.7 Å². The minimum Gasteiger partial charge on any atom is -0.481 e. The number of rotatable bonds is 7. The fourth-order valence-corrected chi connectivity index (χ4v) is 2.45. The van der Waals surface area contributed by atoms with Gasteiger partial charge in [0.2, 0.25) is 10.0 Å². The average molecular weight is 301 g/mol. The molecule has 1 aromatic carbocycles. The summed E-state index contributed by atoms with van der Waals surface area (Å²) in [5, 5.41) is 10.9. The van der Waals surface area contributed by atoms with Crippen LogP contribution in [0.5, 0.6) is 0 Å². The third kappa shape index (κ3) is 5.24. The lowest BCUT2D eigenvalue weighted by molar-refractivity contribution is -0.136. The molecule has 0 unspecified atom stereocenters. The summed E-state index contributed by atoms with van der Waals surface area (Å²) < 4.78 is 26.0. The van der Waals surface area contributed by atoms with Crippen LogP contribution in [-0.4, -0.2) is 38.6 Å². The van der Waals surface area contributed by atoms with Gasteiger partial charge in [0.1, 0.15) is 0 Å². The van der Waals surface area contributed by atoms with E-state index in [1.54, 1.807) is 0 Å². The molecule has 8 nitrogen and oxygen atoms in total. The Morgan fingerprint density at radius 2 is 1.75 bits per heavy atom. The molecule has 1 aromatic rings. The first-order valence-electron chi connectivity index (χ1n) is 5.65. The predicted octanol–water partition coefficient (Wildman–Crippen LogP) is -0.740. The van der Waals surface area contributed by atoms with E-state index >= 15 is 0 Å². The number of hydrogen-bond acceptors (Lipinski definition) is 4. The molecule has 9 heteroatoms. The Labute approximate surface area is 116 Å². The van der Waals surface area contributed by atoms with Gasteiger partial charge in [0.05, 0.1) is 11.3 Å². The molecule has 1 rings (SSSR count). The highest BCUT2D eigenvalue weighted by molar-refractivity contribution is 7.89. The van der Waals surface area contributed by atoms with E-state index in [9.17, 15) is 18.0 Å². The second-order valence-electron chi connectivity index (χ2n) is 3.90. The van der Waals surface area contributed by atoms with Crippen LogP contribution in [0.25, 0.3) is 0 Å². The molecule has 0 fully saturated rings. The van der Waals surface area contributed by atoms with Crippen LogP contribution < -0.4 is 15.8 Å². The molecule has 0 aromatic heterocycles. The van der Waals surface area contributed by atoms with Crippen LogP contribution >= 0.6 is 0 Å². The molecule has 0 aliphatic heterocycles. The third-order valence-electron chi connectivity index (χ3n) is 2.31. The van der Waals surface area contributed by atoms with Crippen LogP contribution in [0.3, 0.4) is 0 Å². The number of sulfonamides is 1. The number of nitrogens with one attached hydrogen (secondary N) is 2. The van der Waals surface area contributed by atoms with Crippen molar-refractivity contribution in [1.29, 1.82) is 0 Å². The molecule has 0 bridgehead atoms. The van der Waals surface area contributed by atoms with E-state index in [4.69, 9.17) is 10.8 Å². The minimum absolute atomic E-state index is 0.00213. The predicted molar refractivity (Wildman–Crippen MR) is 70.6 cm³/mol. The SMILES string of the molecule is NC(=O)NCCNS(=O)(=O)c1ccc(CC(=O)O)cc1. The first-order chi connectivity index (χ1) is 9.31. The summed E-state index contributed by atoms with van der Waals surface area (Å²) in [6, 6.07) is 4.78. The van der Waals surface area contributed by atoms with E-state index in [1.807, 2.05) is 0 Å². The maximum atomic E-state index is 11.8. The highest BCUT2D eigenvalue weighted by Crippen LogP contribution is 2.10. The Balaban J connectivity index is 2.63.